The monoisotopic (exact) mass is 305 g/mol. The molecule has 1 aliphatic heterocycles. The molecule has 1 N–H and O–H groups in total. The predicted molar refractivity (Wildman–Crippen MR) is 67.1 cm³/mol. The Balaban J connectivity index is 0.000000386. The van der Waals surface area contributed by atoms with Crippen molar-refractivity contribution >= 4 is 26.1 Å². The second kappa shape index (κ2) is 9.11. The predicted octanol–water partition coefficient (Wildman–Crippen LogP) is 3.10. The van der Waals surface area contributed by atoms with Gasteiger partial charge < -0.3 is 0 Å². The molecule has 2 nitrogen and oxygen atoms in total. The molecule has 1 saturated carbocycles. The summed E-state index contributed by atoms with van der Waals surface area (Å²) < 4.78 is 0. The molecular weight excluding hydrogens is 290 g/mol. The Labute approximate surface area is 112 Å². The van der Waals surface area contributed by atoms with Crippen LogP contribution in [0.1, 0.15) is 32.1 Å². The fourth-order valence-electron chi connectivity index (χ4n) is 1.90. The van der Waals surface area contributed by atoms with Crippen molar-refractivity contribution in [3.05, 3.63) is 24.4 Å². The molecule has 0 atom stereocenters. The number of allylic oxidation sites excluding steroid dienone is 2. The van der Waals surface area contributed by atoms with Crippen molar-refractivity contribution in [3.8, 4) is 0 Å². The van der Waals surface area contributed by atoms with Crippen molar-refractivity contribution < 1.29 is 12.9 Å². The average molecular weight is 306 g/mol. The van der Waals surface area contributed by atoms with Gasteiger partial charge in [0.2, 0.25) is 0 Å². The molecule has 0 bridgehead atoms. The van der Waals surface area contributed by atoms with Gasteiger partial charge in [0.15, 0.2) is 0 Å². The summed E-state index contributed by atoms with van der Waals surface area (Å²) in [5.41, 5.74) is 0. The standard InChI is InChI=1S/C11H16N2.2ClH.Co/c1-2-6-10(7-3-1)13-11-8-4-5-9-12-11;;;/h4-5,8-10,13H,1-3,6-7H2;2*1H;/q+1;;;+2/p-2. The number of nitrogens with zero attached hydrogens (tertiary/aromatic N) is 1. The molecule has 0 aromatic rings. The molecule has 0 aromatic carbocycles. The summed E-state index contributed by atoms with van der Waals surface area (Å²) in [4.78, 5) is 4.26. The van der Waals surface area contributed by atoms with Crippen LogP contribution in [0, 0.1) is 0 Å². The Kier molecular flexibility index (Phi) is 8.02. The summed E-state index contributed by atoms with van der Waals surface area (Å²) >= 11 is 0.382. The molecule has 0 saturated heterocycles. The van der Waals surface area contributed by atoms with E-state index in [0.717, 1.165) is 5.84 Å². The van der Waals surface area contributed by atoms with Gasteiger partial charge in [-0.2, -0.15) is 0 Å². The van der Waals surface area contributed by atoms with E-state index in [1.165, 1.54) is 32.1 Å². The van der Waals surface area contributed by atoms with E-state index in [-0.39, 0.29) is 0 Å². The van der Waals surface area contributed by atoms with Crippen LogP contribution in [0.15, 0.2) is 24.4 Å². The molecule has 1 fully saturated rings. The zero-order chi connectivity index (χ0) is 11.6. The van der Waals surface area contributed by atoms with Gasteiger partial charge in [0.1, 0.15) is 6.20 Å². The molecule has 1 radical (unpaired) electrons. The van der Waals surface area contributed by atoms with Gasteiger partial charge in [-0.3, -0.25) is 5.32 Å². The molecule has 0 spiro atoms. The summed E-state index contributed by atoms with van der Waals surface area (Å²) in [7, 11) is 9.47. The van der Waals surface area contributed by atoms with E-state index in [0.29, 0.717) is 18.9 Å². The summed E-state index contributed by atoms with van der Waals surface area (Å²) in [5, 5.41) is 3.47. The topological polar surface area (TPSA) is 26.1 Å². The van der Waals surface area contributed by atoms with Crippen LogP contribution < -0.4 is 10.3 Å². The molecule has 5 heteroatoms. The molecular formula is C11H16Cl2CoN2+. The van der Waals surface area contributed by atoms with Gasteiger partial charge in [-0.05, 0) is 31.8 Å². The van der Waals surface area contributed by atoms with Crippen LogP contribution in [0.25, 0.3) is 0 Å². The van der Waals surface area contributed by atoms with Crippen LogP contribution in [0.2, 0.25) is 0 Å². The fourth-order valence-corrected chi connectivity index (χ4v) is 1.90. The molecule has 2 aliphatic rings. The molecule has 2 rings (SSSR count). The molecule has 1 heterocycles. The number of rotatable bonds is 1. The van der Waals surface area contributed by atoms with E-state index < -0.39 is 0 Å². The van der Waals surface area contributed by atoms with Crippen molar-refractivity contribution in [2.75, 3.05) is 0 Å². The average Bonchev–Trinajstić information content (AvgIpc) is 2.33. The van der Waals surface area contributed by atoms with E-state index >= 15 is 0 Å². The minimum atomic E-state index is 0.382. The summed E-state index contributed by atoms with van der Waals surface area (Å²) in [6, 6.07) is 0.656. The van der Waals surface area contributed by atoms with Crippen LogP contribution in [0.3, 0.4) is 0 Å². The quantitative estimate of drug-likeness (QED) is 0.791. The number of aliphatic imine (C=N–C) groups is 1. The Bertz CT molecular complexity index is 271. The van der Waals surface area contributed by atoms with Crippen molar-refractivity contribution in [2.45, 2.75) is 38.1 Å². The second-order valence-electron chi connectivity index (χ2n) is 3.74. The van der Waals surface area contributed by atoms with Gasteiger partial charge in [0.05, 0.1) is 6.04 Å². The number of hydrogen-bond acceptors (Lipinski definition) is 2. The van der Waals surface area contributed by atoms with Crippen LogP contribution in [-0.4, -0.2) is 11.9 Å². The molecule has 0 aromatic heterocycles. The van der Waals surface area contributed by atoms with E-state index in [1.807, 2.05) is 24.4 Å². The van der Waals surface area contributed by atoms with Crippen molar-refractivity contribution in [1.29, 1.82) is 0 Å². The van der Waals surface area contributed by atoms with Gasteiger partial charge in [-0.25, -0.2) is 0 Å². The Morgan fingerprint density at radius 1 is 1.19 bits per heavy atom. The molecule has 0 unspecified atom stereocenters. The first-order valence-corrected chi connectivity index (χ1v) is 8.24. The minimum absolute atomic E-state index is 0.382. The molecule has 92 valence electrons. The third-order valence-electron chi connectivity index (χ3n) is 2.62. The van der Waals surface area contributed by atoms with E-state index in [1.54, 1.807) is 0 Å². The molecule has 16 heavy (non-hydrogen) atoms. The third kappa shape index (κ3) is 5.94. The van der Waals surface area contributed by atoms with Crippen LogP contribution in [-0.2, 0) is 12.9 Å². The van der Waals surface area contributed by atoms with Crippen molar-refractivity contribution in [2.24, 2.45) is 0 Å². The number of hydrogen-bond donors (Lipinski definition) is 1. The van der Waals surface area contributed by atoms with Crippen LogP contribution >= 0.6 is 20.3 Å². The molecule has 0 amide bonds. The Morgan fingerprint density at radius 3 is 2.44 bits per heavy atom. The van der Waals surface area contributed by atoms with E-state index in [9.17, 15) is 0 Å². The summed E-state index contributed by atoms with van der Waals surface area (Å²) in [6.07, 6.45) is 14.6. The van der Waals surface area contributed by atoms with E-state index in [2.05, 4.69) is 10.3 Å². The van der Waals surface area contributed by atoms with Crippen molar-refractivity contribution in [3.63, 3.8) is 0 Å². The third-order valence-corrected chi connectivity index (χ3v) is 2.62. The zero-order valence-electron chi connectivity index (χ0n) is 8.96. The number of amidine groups is 1. The summed E-state index contributed by atoms with van der Waals surface area (Å²) in [5.74, 6) is 1.02. The first-order chi connectivity index (χ1) is 7.86. The van der Waals surface area contributed by atoms with Crippen molar-refractivity contribution in [1.82, 2.24) is 10.3 Å². The van der Waals surface area contributed by atoms with Gasteiger partial charge >= 0.3 is 39.0 Å². The van der Waals surface area contributed by atoms with E-state index in [4.69, 9.17) is 20.3 Å². The van der Waals surface area contributed by atoms with Gasteiger partial charge in [-0.1, -0.05) is 17.5 Å². The Morgan fingerprint density at radius 2 is 1.88 bits per heavy atom. The van der Waals surface area contributed by atoms with Gasteiger partial charge in [0.25, 0.3) is 0 Å². The number of nitrogens with one attached hydrogen (secondary N) is 1. The molecule has 1 aliphatic carbocycles. The summed E-state index contributed by atoms with van der Waals surface area (Å²) in [6.45, 7) is 0. The first kappa shape index (κ1) is 14.1. The second-order valence-corrected chi connectivity index (χ2v) is 5.46. The van der Waals surface area contributed by atoms with Gasteiger partial charge in [-0.15, -0.1) is 0 Å². The number of halogens is 2. The van der Waals surface area contributed by atoms with Crippen LogP contribution in [0.5, 0.6) is 0 Å². The zero-order valence-corrected chi connectivity index (χ0v) is 11.5. The van der Waals surface area contributed by atoms with Crippen LogP contribution in [0.4, 0.5) is 0 Å². The SMILES string of the molecule is C1=C[N+]=C(NC2CCCCC2)C=C1.[Cl][Co][Cl]. The maximum atomic E-state index is 4.73. The fraction of sp³-hybridized carbons (Fsp3) is 0.545. The normalized spacial score (nSPS) is 20.0. The first-order valence-electron chi connectivity index (χ1n) is 5.38. The Hall–Kier alpha value is 0.0365. The van der Waals surface area contributed by atoms with Gasteiger partial charge in [0, 0.05) is 6.08 Å². The maximum absolute atomic E-state index is 4.73.